The first-order valence-corrected chi connectivity index (χ1v) is 14.0. The zero-order chi connectivity index (χ0) is 28.2. The molecule has 2 aromatic carbocycles. The Morgan fingerprint density at radius 1 is 1.18 bits per heavy atom. The molecule has 1 amide bonds. The third-order valence-electron chi connectivity index (χ3n) is 7.46. The van der Waals surface area contributed by atoms with Crippen molar-refractivity contribution < 1.29 is 18.3 Å². The van der Waals surface area contributed by atoms with E-state index in [1.165, 1.54) is 23.9 Å². The number of hydrogen-bond donors (Lipinski definition) is 0. The highest BCUT2D eigenvalue weighted by Gasteiger charge is 2.35. The molecular formula is C28H29ClF2N4O3S. The summed E-state index contributed by atoms with van der Waals surface area (Å²) in [5.74, 6) is -0.683. The quantitative estimate of drug-likeness (QED) is 0.321. The van der Waals surface area contributed by atoms with Crippen molar-refractivity contribution >= 4 is 46.0 Å². The number of hydrogen-bond acceptors (Lipinski definition) is 6. The predicted octanol–water partition coefficient (Wildman–Crippen LogP) is 5.04. The molecule has 0 radical (unpaired) electrons. The normalized spacial score (nSPS) is 21.3. The number of anilines is 1. The number of carbonyl (C=O) groups excluding carboxylic acids is 1. The van der Waals surface area contributed by atoms with E-state index >= 15 is 4.39 Å². The second-order valence-corrected chi connectivity index (χ2v) is 11.5. The predicted molar refractivity (Wildman–Crippen MR) is 151 cm³/mol. The van der Waals surface area contributed by atoms with Crippen molar-refractivity contribution in [2.75, 3.05) is 30.9 Å². The Hall–Kier alpha value is -2.95. The number of aryl methyl sites for hydroxylation is 1. The first-order valence-electron chi connectivity index (χ1n) is 12.6. The molecule has 3 aromatic rings. The topological polar surface area (TPSA) is 67.7 Å². The minimum atomic E-state index is -0.838. The Morgan fingerprint density at radius 3 is 2.51 bits per heavy atom. The van der Waals surface area contributed by atoms with Gasteiger partial charge in [0.25, 0.3) is 0 Å². The number of rotatable bonds is 4. The van der Waals surface area contributed by atoms with Gasteiger partial charge in [0.15, 0.2) is 0 Å². The highest BCUT2D eigenvalue weighted by Crippen LogP contribution is 2.45. The molecule has 0 aliphatic carbocycles. The van der Waals surface area contributed by atoms with Crippen molar-refractivity contribution in [2.45, 2.75) is 50.4 Å². The lowest BCUT2D eigenvalue weighted by Crippen LogP contribution is -2.58. The molecule has 1 fully saturated rings. The highest BCUT2D eigenvalue weighted by molar-refractivity contribution is 7.99. The Balaban J connectivity index is 1.76. The molecule has 3 atom stereocenters. The van der Waals surface area contributed by atoms with Gasteiger partial charge in [0.2, 0.25) is 5.91 Å². The van der Waals surface area contributed by atoms with E-state index in [0.29, 0.717) is 40.6 Å². The van der Waals surface area contributed by atoms with Crippen LogP contribution in [0.2, 0.25) is 5.02 Å². The van der Waals surface area contributed by atoms with E-state index in [4.69, 9.17) is 16.3 Å². The van der Waals surface area contributed by atoms with Gasteiger partial charge in [-0.3, -0.25) is 9.36 Å². The van der Waals surface area contributed by atoms with Crippen LogP contribution in [0.25, 0.3) is 22.0 Å². The van der Waals surface area contributed by atoms with Crippen molar-refractivity contribution in [1.29, 1.82) is 0 Å². The molecule has 0 N–H and O–H groups in total. The summed E-state index contributed by atoms with van der Waals surface area (Å²) in [5.41, 5.74) is 1.63. The smallest absolute Gasteiger partial charge is 0.350 e. The van der Waals surface area contributed by atoms with Gasteiger partial charge >= 0.3 is 5.69 Å². The molecule has 2 aliphatic rings. The molecule has 39 heavy (non-hydrogen) atoms. The number of carbonyl (C=O) groups is 1. The molecule has 1 aromatic heterocycles. The molecule has 3 heterocycles. The van der Waals surface area contributed by atoms with E-state index in [1.807, 2.05) is 31.7 Å². The van der Waals surface area contributed by atoms with Gasteiger partial charge in [0, 0.05) is 65.5 Å². The van der Waals surface area contributed by atoms with E-state index in [1.54, 1.807) is 16.6 Å². The SMILES string of the molecule is C=CC(=O)N1[C@H](C)CN(c2nc(=O)n3c4c(c(-c5cc(Cl)c(F)cc5F)c(C)cc24)SC[C@H](OC)C3)C[C@@H]1C. The van der Waals surface area contributed by atoms with Crippen molar-refractivity contribution in [3.8, 4) is 11.1 Å². The van der Waals surface area contributed by atoms with Crippen LogP contribution in [0.15, 0.2) is 40.5 Å². The monoisotopic (exact) mass is 574 g/mol. The van der Waals surface area contributed by atoms with Gasteiger partial charge in [-0.05, 0) is 44.5 Å². The fourth-order valence-corrected chi connectivity index (χ4v) is 7.26. The zero-order valence-electron chi connectivity index (χ0n) is 22.1. The van der Waals surface area contributed by atoms with Crippen LogP contribution >= 0.6 is 23.4 Å². The summed E-state index contributed by atoms with van der Waals surface area (Å²) >= 11 is 7.54. The number of amides is 1. The molecule has 0 saturated carbocycles. The van der Waals surface area contributed by atoms with E-state index in [0.717, 1.165) is 17.0 Å². The van der Waals surface area contributed by atoms with Gasteiger partial charge in [-0.1, -0.05) is 18.2 Å². The molecule has 1 saturated heterocycles. The lowest BCUT2D eigenvalue weighted by atomic mass is 9.97. The van der Waals surface area contributed by atoms with Crippen LogP contribution in [-0.4, -0.2) is 64.5 Å². The number of halogens is 3. The van der Waals surface area contributed by atoms with Crippen LogP contribution in [0.5, 0.6) is 0 Å². The molecule has 0 unspecified atom stereocenters. The van der Waals surface area contributed by atoms with Gasteiger partial charge < -0.3 is 14.5 Å². The second kappa shape index (κ2) is 10.6. The minimum Gasteiger partial charge on any atom is -0.379 e. The van der Waals surface area contributed by atoms with E-state index in [2.05, 4.69) is 11.6 Å². The zero-order valence-corrected chi connectivity index (χ0v) is 23.7. The molecule has 11 heteroatoms. The summed E-state index contributed by atoms with van der Waals surface area (Å²) in [4.78, 5) is 35.0. The Bertz CT molecular complexity index is 1550. The molecule has 5 rings (SSSR count). The van der Waals surface area contributed by atoms with Crippen molar-refractivity contribution in [2.24, 2.45) is 0 Å². The fourth-order valence-electron chi connectivity index (χ4n) is 5.73. The van der Waals surface area contributed by atoms with Gasteiger partial charge in [0.05, 0.1) is 23.2 Å². The Morgan fingerprint density at radius 2 is 1.87 bits per heavy atom. The van der Waals surface area contributed by atoms with Crippen LogP contribution in [0.1, 0.15) is 19.4 Å². The van der Waals surface area contributed by atoms with E-state index in [-0.39, 0.29) is 41.2 Å². The molecule has 0 bridgehead atoms. The number of thioether (sulfide) groups is 1. The lowest BCUT2D eigenvalue weighted by Gasteiger charge is -2.44. The van der Waals surface area contributed by atoms with Gasteiger partial charge in [-0.15, -0.1) is 11.8 Å². The van der Waals surface area contributed by atoms with Crippen molar-refractivity contribution in [3.05, 3.63) is 63.6 Å². The molecule has 206 valence electrons. The molecular weight excluding hydrogens is 546 g/mol. The summed E-state index contributed by atoms with van der Waals surface area (Å²) in [7, 11) is 1.59. The molecule has 0 spiro atoms. The van der Waals surface area contributed by atoms with Crippen LogP contribution in [0.3, 0.4) is 0 Å². The van der Waals surface area contributed by atoms with Crippen LogP contribution in [0.4, 0.5) is 14.6 Å². The second-order valence-electron chi connectivity index (χ2n) is 10.1. The summed E-state index contributed by atoms with van der Waals surface area (Å²) in [5, 5.41) is 0.556. The van der Waals surface area contributed by atoms with Crippen molar-refractivity contribution in [1.82, 2.24) is 14.5 Å². The maximum absolute atomic E-state index is 15.2. The summed E-state index contributed by atoms with van der Waals surface area (Å²) in [6, 6.07) is 3.69. The Kier molecular flexibility index (Phi) is 7.47. The van der Waals surface area contributed by atoms with Gasteiger partial charge in [-0.2, -0.15) is 4.98 Å². The van der Waals surface area contributed by atoms with Gasteiger partial charge in [-0.25, -0.2) is 13.6 Å². The van der Waals surface area contributed by atoms with Crippen LogP contribution in [0, 0.1) is 18.6 Å². The van der Waals surface area contributed by atoms with Crippen LogP contribution < -0.4 is 10.6 Å². The average molecular weight is 575 g/mol. The highest BCUT2D eigenvalue weighted by atomic mass is 35.5. The number of ether oxygens (including phenoxy) is 1. The first kappa shape index (κ1) is 27.6. The Labute approximate surface area is 234 Å². The molecule has 2 aliphatic heterocycles. The van der Waals surface area contributed by atoms with Crippen LogP contribution in [-0.2, 0) is 16.1 Å². The average Bonchev–Trinajstić information content (AvgIpc) is 3.08. The molecule has 7 nitrogen and oxygen atoms in total. The number of piperazine rings is 1. The maximum atomic E-state index is 15.2. The summed E-state index contributed by atoms with van der Waals surface area (Å²) in [6.45, 7) is 10.6. The third-order valence-corrected chi connectivity index (χ3v) is 8.97. The first-order chi connectivity index (χ1) is 18.5. The number of nitrogens with zero attached hydrogens (tertiary/aromatic N) is 4. The minimum absolute atomic E-state index is 0.140. The summed E-state index contributed by atoms with van der Waals surface area (Å²) < 4.78 is 36.4. The van der Waals surface area contributed by atoms with E-state index < -0.39 is 17.3 Å². The number of benzene rings is 2. The maximum Gasteiger partial charge on any atom is 0.350 e. The van der Waals surface area contributed by atoms with Gasteiger partial charge in [0.1, 0.15) is 17.5 Å². The van der Waals surface area contributed by atoms with Crippen molar-refractivity contribution in [3.63, 3.8) is 0 Å². The summed E-state index contributed by atoms with van der Waals surface area (Å²) in [6.07, 6.45) is 1.04. The third kappa shape index (κ3) is 4.72. The fraction of sp³-hybridized carbons (Fsp3) is 0.393. The standard InChI is InChI=1S/C28H29ClF2N4O3S/c1-6-23(36)35-15(3)10-33(11-16(35)4)27-19-7-14(2)24(18-8-20(29)22(31)9-21(18)30)26-25(19)34(28(37)32-27)12-17(38-5)13-39-26/h6-9,15-17H,1,10-13H2,2-5H3/t15-,16+,17-/m1/s1. The number of aromatic nitrogens is 2. The van der Waals surface area contributed by atoms with E-state index in [9.17, 15) is 14.0 Å². The number of methoxy groups -OCH3 is 1. The lowest BCUT2D eigenvalue weighted by molar-refractivity contribution is -0.130. The largest absolute Gasteiger partial charge is 0.379 e.